The first-order valence-corrected chi connectivity index (χ1v) is 7.40. The quantitative estimate of drug-likeness (QED) is 0.856. The maximum atomic E-state index is 11.9. The van der Waals surface area contributed by atoms with Crippen molar-refractivity contribution in [2.24, 2.45) is 5.92 Å². The SMILES string of the molecule is C[C@@](C#N)(NC(=O)COC(=O)c1cc2ccccc2o1)C1CC1. The Morgan fingerprint density at radius 3 is 2.83 bits per heavy atom. The number of nitrogens with zero attached hydrogens (tertiary/aromatic N) is 1. The van der Waals surface area contributed by atoms with E-state index in [2.05, 4.69) is 11.4 Å². The fourth-order valence-electron chi connectivity index (χ4n) is 2.49. The molecule has 1 N–H and O–H groups in total. The average molecular weight is 312 g/mol. The fourth-order valence-corrected chi connectivity index (χ4v) is 2.49. The highest BCUT2D eigenvalue weighted by molar-refractivity contribution is 5.93. The highest BCUT2D eigenvalue weighted by Gasteiger charge is 2.43. The number of fused-ring (bicyclic) bond motifs is 1. The van der Waals surface area contributed by atoms with Gasteiger partial charge in [-0.2, -0.15) is 5.26 Å². The molecule has 1 aromatic carbocycles. The van der Waals surface area contributed by atoms with Crippen LogP contribution in [-0.2, 0) is 9.53 Å². The average Bonchev–Trinajstić information content (AvgIpc) is 3.32. The Labute approximate surface area is 133 Å². The van der Waals surface area contributed by atoms with Gasteiger partial charge in [-0.15, -0.1) is 0 Å². The van der Waals surface area contributed by atoms with Gasteiger partial charge in [0.15, 0.2) is 6.61 Å². The predicted octanol–water partition coefficient (Wildman–Crippen LogP) is 2.40. The van der Waals surface area contributed by atoms with Gasteiger partial charge in [-0.05, 0) is 37.8 Å². The Morgan fingerprint density at radius 2 is 2.17 bits per heavy atom. The van der Waals surface area contributed by atoms with Crippen LogP contribution in [-0.4, -0.2) is 24.0 Å². The van der Waals surface area contributed by atoms with Crippen LogP contribution in [0, 0.1) is 17.2 Å². The van der Waals surface area contributed by atoms with Gasteiger partial charge in [-0.1, -0.05) is 18.2 Å². The van der Waals surface area contributed by atoms with Gasteiger partial charge in [0.05, 0.1) is 6.07 Å². The third-order valence-corrected chi connectivity index (χ3v) is 3.99. The minimum atomic E-state index is -0.900. The van der Waals surface area contributed by atoms with Crippen LogP contribution in [0.1, 0.15) is 30.3 Å². The van der Waals surface area contributed by atoms with Gasteiger partial charge in [0.25, 0.3) is 5.91 Å². The van der Waals surface area contributed by atoms with Gasteiger partial charge < -0.3 is 14.5 Å². The van der Waals surface area contributed by atoms with E-state index in [9.17, 15) is 14.9 Å². The molecule has 0 bridgehead atoms. The highest BCUT2D eigenvalue weighted by Crippen LogP contribution is 2.39. The number of nitrogens with one attached hydrogen (secondary N) is 1. The molecule has 1 aromatic heterocycles. The summed E-state index contributed by atoms with van der Waals surface area (Å²) in [6.07, 6.45) is 1.84. The molecule has 1 aliphatic carbocycles. The summed E-state index contributed by atoms with van der Waals surface area (Å²) < 4.78 is 10.3. The van der Waals surface area contributed by atoms with Gasteiger partial charge in [0.2, 0.25) is 5.76 Å². The summed E-state index contributed by atoms with van der Waals surface area (Å²) in [5.41, 5.74) is -0.322. The van der Waals surface area contributed by atoms with Crippen molar-refractivity contribution in [3.63, 3.8) is 0 Å². The van der Waals surface area contributed by atoms with Crippen molar-refractivity contribution in [1.82, 2.24) is 5.32 Å². The second kappa shape index (κ2) is 5.76. The zero-order chi connectivity index (χ0) is 16.4. The van der Waals surface area contributed by atoms with Crippen LogP contribution < -0.4 is 5.32 Å². The first-order valence-electron chi connectivity index (χ1n) is 7.40. The predicted molar refractivity (Wildman–Crippen MR) is 81.4 cm³/mol. The monoisotopic (exact) mass is 312 g/mol. The lowest BCUT2D eigenvalue weighted by molar-refractivity contribution is -0.125. The Kier molecular flexibility index (Phi) is 3.78. The number of hydrogen-bond acceptors (Lipinski definition) is 5. The van der Waals surface area contributed by atoms with E-state index in [4.69, 9.17) is 9.15 Å². The van der Waals surface area contributed by atoms with E-state index in [0.717, 1.165) is 18.2 Å². The maximum absolute atomic E-state index is 11.9. The number of para-hydroxylation sites is 1. The largest absolute Gasteiger partial charge is 0.450 e. The second-order valence-corrected chi connectivity index (χ2v) is 5.86. The number of carbonyl (C=O) groups is 2. The van der Waals surface area contributed by atoms with Crippen LogP contribution in [0.2, 0.25) is 0 Å². The van der Waals surface area contributed by atoms with E-state index >= 15 is 0 Å². The third-order valence-electron chi connectivity index (χ3n) is 3.99. The van der Waals surface area contributed by atoms with E-state index in [1.54, 1.807) is 25.1 Å². The lowest BCUT2D eigenvalue weighted by atomic mass is 9.98. The molecular formula is C17H16N2O4. The molecule has 6 heteroatoms. The molecular weight excluding hydrogens is 296 g/mol. The normalized spacial score (nSPS) is 16.3. The molecule has 1 atom stereocenters. The van der Waals surface area contributed by atoms with E-state index in [1.165, 1.54) is 0 Å². The lowest BCUT2D eigenvalue weighted by Crippen LogP contribution is -2.48. The molecule has 3 rings (SSSR count). The summed E-state index contributed by atoms with van der Waals surface area (Å²) in [5.74, 6) is -0.987. The van der Waals surface area contributed by atoms with E-state index in [0.29, 0.717) is 5.58 Å². The minimum Gasteiger partial charge on any atom is -0.450 e. The number of rotatable bonds is 5. The van der Waals surface area contributed by atoms with Gasteiger partial charge in [-0.3, -0.25) is 4.79 Å². The summed E-state index contributed by atoms with van der Waals surface area (Å²) in [5, 5.41) is 12.6. The van der Waals surface area contributed by atoms with Crippen LogP contribution in [0.4, 0.5) is 0 Å². The van der Waals surface area contributed by atoms with Crippen LogP contribution in [0.15, 0.2) is 34.7 Å². The topological polar surface area (TPSA) is 92.3 Å². The number of benzene rings is 1. The van der Waals surface area contributed by atoms with Crippen LogP contribution in [0.5, 0.6) is 0 Å². The van der Waals surface area contributed by atoms with Crippen molar-refractivity contribution >= 4 is 22.8 Å². The summed E-state index contributed by atoms with van der Waals surface area (Å²) >= 11 is 0. The van der Waals surface area contributed by atoms with Crippen LogP contribution >= 0.6 is 0 Å². The fraction of sp³-hybridized carbons (Fsp3) is 0.353. The smallest absolute Gasteiger partial charge is 0.374 e. The van der Waals surface area contributed by atoms with Crippen molar-refractivity contribution in [2.45, 2.75) is 25.3 Å². The molecule has 0 unspecified atom stereocenters. The van der Waals surface area contributed by atoms with Gasteiger partial charge >= 0.3 is 5.97 Å². The highest BCUT2D eigenvalue weighted by atomic mass is 16.5. The summed E-state index contributed by atoms with van der Waals surface area (Å²) in [6, 6.07) is 10.9. The molecule has 1 fully saturated rings. The first-order chi connectivity index (χ1) is 11.0. The van der Waals surface area contributed by atoms with Crippen LogP contribution in [0.25, 0.3) is 11.0 Å². The standard InChI is InChI=1S/C17H16N2O4/c1-17(10-18,12-6-7-12)19-15(20)9-22-16(21)14-8-11-4-2-3-5-13(11)23-14/h2-5,8,12H,6-7,9H2,1H3,(H,19,20)/t17-/m0/s1. The number of amides is 1. The number of nitriles is 1. The molecule has 1 saturated carbocycles. The summed E-state index contributed by atoms with van der Waals surface area (Å²) in [6.45, 7) is 1.24. The first kappa shape index (κ1) is 15.1. The minimum absolute atomic E-state index is 0.0456. The summed E-state index contributed by atoms with van der Waals surface area (Å²) in [7, 11) is 0. The third kappa shape index (κ3) is 3.19. The molecule has 1 aliphatic rings. The van der Waals surface area contributed by atoms with Crippen LogP contribution in [0.3, 0.4) is 0 Å². The zero-order valence-electron chi connectivity index (χ0n) is 12.7. The van der Waals surface area contributed by atoms with Crippen molar-refractivity contribution < 1.29 is 18.7 Å². The number of carbonyl (C=O) groups excluding carboxylic acids is 2. The molecule has 0 aliphatic heterocycles. The number of furan rings is 1. The van der Waals surface area contributed by atoms with Crippen molar-refractivity contribution in [1.29, 1.82) is 5.26 Å². The molecule has 0 saturated heterocycles. The Hall–Kier alpha value is -2.81. The van der Waals surface area contributed by atoms with Gasteiger partial charge in [-0.25, -0.2) is 4.79 Å². The Morgan fingerprint density at radius 1 is 1.43 bits per heavy atom. The molecule has 1 amide bonds. The molecule has 2 aromatic rings. The van der Waals surface area contributed by atoms with Gasteiger partial charge in [0, 0.05) is 5.39 Å². The van der Waals surface area contributed by atoms with Crippen molar-refractivity contribution in [3.05, 3.63) is 36.1 Å². The van der Waals surface area contributed by atoms with Crippen molar-refractivity contribution in [3.8, 4) is 6.07 Å². The Balaban J connectivity index is 1.58. The molecule has 23 heavy (non-hydrogen) atoms. The molecule has 1 heterocycles. The number of hydrogen-bond donors (Lipinski definition) is 1. The van der Waals surface area contributed by atoms with Crippen molar-refractivity contribution in [2.75, 3.05) is 6.61 Å². The van der Waals surface area contributed by atoms with Gasteiger partial charge in [0.1, 0.15) is 11.1 Å². The molecule has 0 spiro atoms. The number of ether oxygens (including phenoxy) is 1. The van der Waals surface area contributed by atoms with E-state index in [-0.39, 0.29) is 11.7 Å². The maximum Gasteiger partial charge on any atom is 0.374 e. The number of esters is 1. The molecule has 6 nitrogen and oxygen atoms in total. The Bertz CT molecular complexity index is 767. The molecule has 118 valence electrons. The van der Waals surface area contributed by atoms with E-state index < -0.39 is 24.0 Å². The zero-order valence-corrected chi connectivity index (χ0v) is 12.7. The second-order valence-electron chi connectivity index (χ2n) is 5.86. The lowest BCUT2D eigenvalue weighted by Gasteiger charge is -2.22. The van der Waals surface area contributed by atoms with E-state index in [1.807, 2.05) is 12.1 Å². The molecule has 0 radical (unpaired) electrons. The summed E-state index contributed by atoms with van der Waals surface area (Å²) in [4.78, 5) is 23.8.